The molecule has 1 aliphatic heterocycles. The van der Waals surface area contributed by atoms with Crippen molar-refractivity contribution >= 4 is 11.6 Å². The number of ether oxygens (including phenoxy) is 1. The molecule has 1 aromatic rings. The van der Waals surface area contributed by atoms with Crippen molar-refractivity contribution in [1.82, 2.24) is 0 Å². The Morgan fingerprint density at radius 1 is 1.53 bits per heavy atom. The van der Waals surface area contributed by atoms with E-state index in [2.05, 4.69) is 0 Å². The third-order valence-corrected chi connectivity index (χ3v) is 2.87. The molecule has 2 rings (SSSR count). The van der Waals surface area contributed by atoms with Crippen molar-refractivity contribution < 1.29 is 9.84 Å². The zero-order valence-corrected chi connectivity index (χ0v) is 9.13. The number of aliphatic hydroxyl groups is 1. The number of hydrogen-bond donors (Lipinski definition) is 2. The Kier molecular flexibility index (Phi) is 3.14. The number of halogens is 1. The van der Waals surface area contributed by atoms with Crippen LogP contribution in [0.3, 0.4) is 0 Å². The van der Waals surface area contributed by atoms with Crippen LogP contribution in [0, 0.1) is 0 Å². The number of nitrogens with two attached hydrogens (primary N) is 1. The van der Waals surface area contributed by atoms with Crippen molar-refractivity contribution in [2.45, 2.75) is 18.9 Å². The summed E-state index contributed by atoms with van der Waals surface area (Å²) in [6.45, 7) is 1.14. The molecule has 4 heteroatoms. The van der Waals surface area contributed by atoms with Gasteiger partial charge in [0.25, 0.3) is 0 Å². The third kappa shape index (κ3) is 2.09. The van der Waals surface area contributed by atoms with Gasteiger partial charge in [0.15, 0.2) is 0 Å². The summed E-state index contributed by atoms with van der Waals surface area (Å²) in [6.07, 6.45) is 0.882. The van der Waals surface area contributed by atoms with E-state index in [9.17, 15) is 5.11 Å². The fourth-order valence-corrected chi connectivity index (χ4v) is 2.10. The van der Waals surface area contributed by atoms with Crippen molar-refractivity contribution in [3.05, 3.63) is 28.3 Å². The number of hydrogen-bond acceptors (Lipinski definition) is 3. The van der Waals surface area contributed by atoms with Crippen LogP contribution in [0.4, 0.5) is 0 Å². The lowest BCUT2D eigenvalue weighted by atomic mass is 10.0. The predicted octanol–water partition coefficient (Wildman–Crippen LogP) is 1.66. The normalized spacial score (nSPS) is 15.9. The molecule has 3 N–H and O–H groups in total. The summed E-state index contributed by atoms with van der Waals surface area (Å²) in [7, 11) is 0. The summed E-state index contributed by atoms with van der Waals surface area (Å²) in [6, 6.07) is 3.71. The van der Waals surface area contributed by atoms with Gasteiger partial charge in [0, 0.05) is 6.42 Å². The molecule has 0 radical (unpaired) electrons. The molecular weight excluding hydrogens is 214 g/mol. The van der Waals surface area contributed by atoms with Crippen molar-refractivity contribution in [1.29, 1.82) is 0 Å². The minimum Gasteiger partial charge on any atom is -0.491 e. The number of benzene rings is 1. The highest BCUT2D eigenvalue weighted by atomic mass is 35.5. The summed E-state index contributed by atoms with van der Waals surface area (Å²) in [5.41, 5.74) is 7.31. The first-order valence-electron chi connectivity index (χ1n) is 5.05. The van der Waals surface area contributed by atoms with E-state index in [1.165, 1.54) is 0 Å². The van der Waals surface area contributed by atoms with Crippen LogP contribution in [0.25, 0.3) is 0 Å². The van der Waals surface area contributed by atoms with E-state index in [0.29, 0.717) is 24.6 Å². The van der Waals surface area contributed by atoms with Gasteiger partial charge >= 0.3 is 0 Å². The molecule has 1 aliphatic rings. The van der Waals surface area contributed by atoms with Crippen LogP contribution in [-0.4, -0.2) is 18.3 Å². The Bertz CT molecular complexity index is 368. The fourth-order valence-electron chi connectivity index (χ4n) is 1.80. The average molecular weight is 228 g/mol. The molecule has 0 spiro atoms. The monoisotopic (exact) mass is 227 g/mol. The minimum atomic E-state index is -0.529. The van der Waals surface area contributed by atoms with Gasteiger partial charge in [-0.1, -0.05) is 11.6 Å². The van der Waals surface area contributed by atoms with Crippen LogP contribution in [0.1, 0.15) is 23.7 Å². The molecule has 0 bridgehead atoms. The first-order valence-corrected chi connectivity index (χ1v) is 5.43. The van der Waals surface area contributed by atoms with Crippen LogP contribution in [-0.2, 0) is 6.42 Å². The zero-order chi connectivity index (χ0) is 10.8. The molecule has 1 atom stereocenters. The Morgan fingerprint density at radius 3 is 3.07 bits per heavy atom. The molecule has 3 nitrogen and oxygen atoms in total. The van der Waals surface area contributed by atoms with Gasteiger partial charge in [-0.15, -0.1) is 0 Å². The highest BCUT2D eigenvalue weighted by molar-refractivity contribution is 6.32. The Morgan fingerprint density at radius 2 is 2.33 bits per heavy atom. The fraction of sp³-hybridized carbons (Fsp3) is 0.455. The number of fused-ring (bicyclic) bond motifs is 1. The van der Waals surface area contributed by atoms with E-state index in [1.54, 1.807) is 6.07 Å². The second kappa shape index (κ2) is 4.39. The van der Waals surface area contributed by atoms with E-state index in [-0.39, 0.29) is 0 Å². The lowest BCUT2D eigenvalue weighted by Crippen LogP contribution is -2.06. The van der Waals surface area contributed by atoms with Gasteiger partial charge in [0.05, 0.1) is 17.7 Å². The third-order valence-electron chi connectivity index (χ3n) is 2.59. The van der Waals surface area contributed by atoms with E-state index < -0.39 is 6.10 Å². The van der Waals surface area contributed by atoms with E-state index in [4.69, 9.17) is 22.1 Å². The van der Waals surface area contributed by atoms with Crippen molar-refractivity contribution in [3.8, 4) is 5.75 Å². The standard InChI is InChI=1S/C11H14ClNO2/c12-9-6-8(10(14)1-3-13)5-7-2-4-15-11(7)9/h5-6,10,14H,1-4,13H2. The molecular formula is C11H14ClNO2. The molecule has 0 aliphatic carbocycles. The molecule has 1 unspecified atom stereocenters. The summed E-state index contributed by atoms with van der Waals surface area (Å²) in [4.78, 5) is 0. The number of aliphatic hydroxyl groups excluding tert-OH is 1. The molecule has 1 heterocycles. The van der Waals surface area contributed by atoms with E-state index in [1.807, 2.05) is 6.07 Å². The Balaban J connectivity index is 2.30. The van der Waals surface area contributed by atoms with Crippen LogP contribution >= 0.6 is 11.6 Å². The molecule has 0 saturated carbocycles. The van der Waals surface area contributed by atoms with Crippen LogP contribution < -0.4 is 10.5 Å². The summed E-state index contributed by atoms with van der Waals surface area (Å²) < 4.78 is 5.39. The Hall–Kier alpha value is -0.770. The predicted molar refractivity (Wildman–Crippen MR) is 59.3 cm³/mol. The van der Waals surface area contributed by atoms with Crippen molar-refractivity contribution in [2.24, 2.45) is 5.73 Å². The number of rotatable bonds is 3. The van der Waals surface area contributed by atoms with Crippen LogP contribution in [0.5, 0.6) is 5.75 Å². The highest BCUT2D eigenvalue weighted by Gasteiger charge is 2.19. The summed E-state index contributed by atoms with van der Waals surface area (Å²) >= 11 is 6.05. The second-order valence-corrected chi connectivity index (χ2v) is 4.09. The SMILES string of the molecule is NCCC(O)c1cc(Cl)c2c(c1)CCO2. The maximum atomic E-state index is 9.80. The van der Waals surface area contributed by atoms with Crippen molar-refractivity contribution in [3.63, 3.8) is 0 Å². The molecule has 0 amide bonds. The Labute approximate surface area is 93.8 Å². The maximum Gasteiger partial charge on any atom is 0.141 e. The van der Waals surface area contributed by atoms with Gasteiger partial charge in [-0.3, -0.25) is 0 Å². The maximum absolute atomic E-state index is 9.80. The van der Waals surface area contributed by atoms with Crippen LogP contribution in [0.2, 0.25) is 5.02 Å². The first kappa shape index (κ1) is 10.7. The summed E-state index contributed by atoms with van der Waals surface area (Å²) in [5, 5.41) is 10.4. The van der Waals surface area contributed by atoms with Gasteiger partial charge in [-0.2, -0.15) is 0 Å². The molecule has 0 aromatic heterocycles. The first-order chi connectivity index (χ1) is 7.22. The largest absolute Gasteiger partial charge is 0.491 e. The minimum absolute atomic E-state index is 0.465. The van der Waals surface area contributed by atoms with E-state index in [0.717, 1.165) is 23.3 Å². The van der Waals surface area contributed by atoms with Gasteiger partial charge < -0.3 is 15.6 Å². The van der Waals surface area contributed by atoms with Gasteiger partial charge in [-0.05, 0) is 36.2 Å². The summed E-state index contributed by atoms with van der Waals surface area (Å²) in [5.74, 6) is 0.764. The van der Waals surface area contributed by atoms with E-state index >= 15 is 0 Å². The topological polar surface area (TPSA) is 55.5 Å². The molecule has 82 valence electrons. The molecule has 0 fully saturated rings. The lowest BCUT2D eigenvalue weighted by molar-refractivity contribution is 0.170. The van der Waals surface area contributed by atoms with Crippen LogP contribution in [0.15, 0.2) is 12.1 Å². The zero-order valence-electron chi connectivity index (χ0n) is 8.37. The molecule has 15 heavy (non-hydrogen) atoms. The molecule has 1 aromatic carbocycles. The molecule has 0 saturated heterocycles. The smallest absolute Gasteiger partial charge is 0.141 e. The highest BCUT2D eigenvalue weighted by Crippen LogP contribution is 2.36. The van der Waals surface area contributed by atoms with Gasteiger partial charge in [0.1, 0.15) is 5.75 Å². The quantitative estimate of drug-likeness (QED) is 0.826. The van der Waals surface area contributed by atoms with Gasteiger partial charge in [0.2, 0.25) is 0 Å². The van der Waals surface area contributed by atoms with Crippen molar-refractivity contribution in [2.75, 3.05) is 13.2 Å². The van der Waals surface area contributed by atoms with Gasteiger partial charge in [-0.25, -0.2) is 0 Å². The second-order valence-electron chi connectivity index (χ2n) is 3.68. The average Bonchev–Trinajstić information content (AvgIpc) is 2.66. The lowest BCUT2D eigenvalue weighted by Gasteiger charge is -2.12.